The van der Waals surface area contributed by atoms with Crippen LogP contribution in [-0.4, -0.2) is 26.0 Å². The van der Waals surface area contributed by atoms with Crippen molar-refractivity contribution in [2.45, 2.75) is 6.92 Å². The van der Waals surface area contributed by atoms with Crippen molar-refractivity contribution in [3.63, 3.8) is 0 Å². The maximum atomic E-state index is 11.0. The van der Waals surface area contributed by atoms with Gasteiger partial charge in [-0.25, -0.2) is 4.68 Å². The van der Waals surface area contributed by atoms with Crippen molar-refractivity contribution in [2.75, 3.05) is 0 Å². The van der Waals surface area contributed by atoms with Gasteiger partial charge in [0.2, 0.25) is 0 Å². The van der Waals surface area contributed by atoms with Crippen LogP contribution in [0.1, 0.15) is 11.3 Å². The highest BCUT2D eigenvalue weighted by atomic mass is 16.6. The van der Waals surface area contributed by atoms with Gasteiger partial charge in [0.15, 0.2) is 0 Å². The van der Waals surface area contributed by atoms with Gasteiger partial charge in [-0.3, -0.25) is 10.1 Å². The smallest absolute Gasteiger partial charge is 0.273 e. The van der Waals surface area contributed by atoms with Crippen molar-refractivity contribution < 1.29 is 9.34 Å². The number of nitro benzene ring substituents is 1. The Morgan fingerprint density at radius 2 is 2.05 bits per heavy atom. The second-order valence-electron chi connectivity index (χ2n) is 4.50. The molecule has 0 radical (unpaired) electrons. The molecule has 0 unspecified atom stereocenters. The minimum atomic E-state index is -0.407. The molecule has 0 aliphatic heterocycles. The summed E-state index contributed by atoms with van der Waals surface area (Å²) in [7, 11) is 0. The first kappa shape index (κ1) is 13.7. The number of nitrogens with zero attached hydrogens (tertiary/aromatic N) is 5. The lowest BCUT2D eigenvalue weighted by atomic mass is 10.1. The van der Waals surface area contributed by atoms with Gasteiger partial charge in [-0.15, -0.1) is 10.2 Å². The van der Waals surface area contributed by atoms with Crippen molar-refractivity contribution in [1.29, 1.82) is 0 Å². The summed E-state index contributed by atoms with van der Waals surface area (Å²) in [6.07, 6.45) is 4.41. The van der Waals surface area contributed by atoms with Crippen LogP contribution in [0.3, 0.4) is 0 Å². The molecule has 0 bridgehead atoms. The summed E-state index contributed by atoms with van der Waals surface area (Å²) in [6, 6.07) is 8.37. The Morgan fingerprint density at radius 3 is 2.77 bits per heavy atom. The van der Waals surface area contributed by atoms with Crippen LogP contribution >= 0.6 is 0 Å². The second kappa shape index (κ2) is 5.60. The highest BCUT2D eigenvalue weighted by molar-refractivity contribution is 5.78. The first-order valence-electron chi connectivity index (χ1n) is 6.38. The molecule has 0 amide bonds. The number of hydrogen-bond acceptors (Lipinski definition) is 6. The Hall–Kier alpha value is -3.29. The molecule has 0 saturated carbocycles. The van der Waals surface area contributed by atoms with Crippen LogP contribution in [0.15, 0.2) is 52.5 Å². The average molecular weight is 297 g/mol. The van der Waals surface area contributed by atoms with E-state index in [2.05, 4.69) is 15.3 Å². The monoisotopic (exact) mass is 297 g/mol. The molecule has 3 aromatic rings. The van der Waals surface area contributed by atoms with E-state index in [4.69, 9.17) is 4.42 Å². The van der Waals surface area contributed by atoms with E-state index in [1.54, 1.807) is 31.2 Å². The summed E-state index contributed by atoms with van der Waals surface area (Å²) < 4.78 is 7.09. The summed E-state index contributed by atoms with van der Waals surface area (Å²) in [4.78, 5) is 10.6. The van der Waals surface area contributed by atoms with Gasteiger partial charge in [0.1, 0.15) is 24.2 Å². The van der Waals surface area contributed by atoms with Gasteiger partial charge in [0.25, 0.3) is 5.69 Å². The second-order valence-corrected chi connectivity index (χ2v) is 4.50. The van der Waals surface area contributed by atoms with Gasteiger partial charge in [-0.1, -0.05) is 12.1 Å². The Labute approximate surface area is 124 Å². The molecule has 1 aromatic carbocycles. The lowest BCUT2D eigenvalue weighted by molar-refractivity contribution is -0.385. The summed E-state index contributed by atoms with van der Waals surface area (Å²) in [6.45, 7) is 1.70. The van der Waals surface area contributed by atoms with E-state index >= 15 is 0 Å². The highest BCUT2D eigenvalue weighted by Gasteiger charge is 2.16. The number of furan rings is 1. The molecule has 8 heteroatoms. The molecule has 0 saturated heterocycles. The van der Waals surface area contributed by atoms with Crippen LogP contribution in [0, 0.1) is 17.0 Å². The number of nitro groups is 1. The Kier molecular flexibility index (Phi) is 3.48. The van der Waals surface area contributed by atoms with Crippen LogP contribution in [0.4, 0.5) is 5.69 Å². The molecule has 2 aromatic heterocycles. The summed E-state index contributed by atoms with van der Waals surface area (Å²) >= 11 is 0. The number of benzene rings is 1. The van der Waals surface area contributed by atoms with E-state index < -0.39 is 4.92 Å². The topological polar surface area (TPSA) is 99.3 Å². The van der Waals surface area contributed by atoms with Gasteiger partial charge < -0.3 is 4.42 Å². The Bertz CT molecular complexity index is 836. The normalized spacial score (nSPS) is 11.1. The summed E-state index contributed by atoms with van der Waals surface area (Å²) in [5.41, 5.74) is 1.30. The summed E-state index contributed by atoms with van der Waals surface area (Å²) in [5.74, 6) is 1.07. The predicted octanol–water partition coefficient (Wildman–Crippen LogP) is 2.64. The lowest BCUT2D eigenvalue weighted by Crippen LogP contribution is -1.93. The van der Waals surface area contributed by atoms with E-state index in [0.29, 0.717) is 22.6 Å². The zero-order valence-electron chi connectivity index (χ0n) is 11.6. The molecular weight excluding hydrogens is 286 g/mol. The third kappa shape index (κ3) is 2.62. The first-order valence-corrected chi connectivity index (χ1v) is 6.38. The van der Waals surface area contributed by atoms with Crippen molar-refractivity contribution in [1.82, 2.24) is 14.9 Å². The van der Waals surface area contributed by atoms with Gasteiger partial charge in [-0.05, 0) is 19.1 Å². The molecule has 0 fully saturated rings. The fourth-order valence-corrected chi connectivity index (χ4v) is 2.03. The molecule has 0 N–H and O–H groups in total. The van der Waals surface area contributed by atoms with Crippen molar-refractivity contribution in [3.05, 3.63) is 64.4 Å². The molecule has 0 spiro atoms. The van der Waals surface area contributed by atoms with Gasteiger partial charge in [0.05, 0.1) is 11.1 Å². The number of rotatable bonds is 4. The quantitative estimate of drug-likeness (QED) is 0.418. The zero-order valence-corrected chi connectivity index (χ0v) is 11.6. The van der Waals surface area contributed by atoms with Crippen LogP contribution in [0.5, 0.6) is 0 Å². The molecule has 0 aliphatic carbocycles. The summed E-state index contributed by atoms with van der Waals surface area (Å²) in [5, 5.41) is 22.3. The number of hydrogen-bond donors (Lipinski definition) is 0. The highest BCUT2D eigenvalue weighted by Crippen LogP contribution is 2.30. The molecule has 8 nitrogen and oxygen atoms in total. The van der Waals surface area contributed by atoms with Gasteiger partial charge >= 0.3 is 0 Å². The molecule has 0 aliphatic rings. The molecule has 2 heterocycles. The molecular formula is C14H11N5O3. The fourth-order valence-electron chi connectivity index (χ4n) is 2.03. The van der Waals surface area contributed by atoms with Gasteiger partial charge in [-0.2, -0.15) is 5.10 Å². The van der Waals surface area contributed by atoms with Crippen LogP contribution in [0.2, 0.25) is 0 Å². The molecule has 3 rings (SSSR count). The average Bonchev–Trinajstić information content (AvgIpc) is 3.16. The SMILES string of the molecule is Cc1c(-c2ccc(C=Nn3cnnc3)o2)cccc1[N+](=O)[O-]. The Balaban J connectivity index is 1.91. The maximum absolute atomic E-state index is 11.0. The fraction of sp³-hybridized carbons (Fsp3) is 0.0714. The van der Waals surface area contributed by atoms with Crippen LogP contribution < -0.4 is 0 Å². The molecule has 110 valence electrons. The molecule has 0 atom stereocenters. The van der Waals surface area contributed by atoms with Crippen LogP contribution in [0.25, 0.3) is 11.3 Å². The van der Waals surface area contributed by atoms with Crippen molar-refractivity contribution >= 4 is 11.9 Å². The third-order valence-electron chi connectivity index (χ3n) is 3.12. The number of aromatic nitrogens is 3. The minimum absolute atomic E-state index is 0.0635. The Morgan fingerprint density at radius 1 is 1.27 bits per heavy atom. The predicted molar refractivity (Wildman–Crippen MR) is 78.5 cm³/mol. The van der Waals surface area contributed by atoms with E-state index in [0.717, 1.165) is 0 Å². The van der Waals surface area contributed by atoms with E-state index in [1.165, 1.54) is 29.6 Å². The standard InChI is InChI=1S/C14H11N5O3/c1-10-12(3-2-4-13(10)19(20)21)14-6-5-11(22-14)7-17-18-8-15-16-9-18/h2-9H,1H3. The zero-order chi connectivity index (χ0) is 15.5. The van der Waals surface area contributed by atoms with E-state index in [-0.39, 0.29) is 5.69 Å². The molecule has 22 heavy (non-hydrogen) atoms. The largest absolute Gasteiger partial charge is 0.455 e. The van der Waals surface area contributed by atoms with Crippen molar-refractivity contribution in [3.8, 4) is 11.3 Å². The first-order chi connectivity index (χ1) is 10.6. The van der Waals surface area contributed by atoms with Gasteiger partial charge in [0, 0.05) is 17.2 Å². The lowest BCUT2D eigenvalue weighted by Gasteiger charge is -2.02. The van der Waals surface area contributed by atoms with E-state index in [1.807, 2.05) is 0 Å². The third-order valence-corrected chi connectivity index (χ3v) is 3.12. The van der Waals surface area contributed by atoms with Crippen LogP contribution in [-0.2, 0) is 0 Å². The van der Waals surface area contributed by atoms with E-state index in [9.17, 15) is 10.1 Å². The maximum Gasteiger partial charge on any atom is 0.273 e. The minimum Gasteiger partial charge on any atom is -0.455 e. The van der Waals surface area contributed by atoms with Crippen molar-refractivity contribution in [2.24, 2.45) is 5.10 Å².